The first-order valence-electron chi connectivity index (χ1n) is 7.94. The van der Waals surface area contributed by atoms with Crippen molar-refractivity contribution in [3.05, 3.63) is 42.0 Å². The summed E-state index contributed by atoms with van der Waals surface area (Å²) in [6, 6.07) is 12.6. The Morgan fingerprint density at radius 3 is 2.58 bits per heavy atom. The lowest BCUT2D eigenvalue weighted by Gasteiger charge is -2.26. The Hall–Kier alpha value is -1.04. The van der Waals surface area contributed by atoms with E-state index < -0.39 is 0 Å². The van der Waals surface area contributed by atoms with Crippen molar-refractivity contribution in [2.75, 3.05) is 46.5 Å². The zero-order chi connectivity index (χ0) is 15.2. The van der Waals surface area contributed by atoms with Crippen molar-refractivity contribution in [2.45, 2.75) is 6.54 Å². The minimum absolute atomic E-state index is 0. The lowest BCUT2D eigenvalue weighted by Crippen LogP contribution is -2.40. The molecule has 0 radical (unpaired) electrons. The molecule has 1 aliphatic heterocycles. The van der Waals surface area contributed by atoms with Crippen molar-refractivity contribution in [2.24, 2.45) is 0 Å². The van der Waals surface area contributed by atoms with Crippen LogP contribution < -0.4 is 10.1 Å². The molecule has 2 aromatic rings. The first-order chi connectivity index (χ1) is 10.9. The van der Waals surface area contributed by atoms with Crippen LogP contribution in [0.15, 0.2) is 36.4 Å². The average Bonchev–Trinajstić information content (AvgIpc) is 2.59. The van der Waals surface area contributed by atoms with Crippen LogP contribution in [0.1, 0.15) is 5.56 Å². The number of nitrogens with one attached hydrogen (secondary N) is 1. The smallest absolute Gasteiger partial charge is 0.123 e. The number of ether oxygens (including phenoxy) is 2. The van der Waals surface area contributed by atoms with Gasteiger partial charge in [-0.2, -0.15) is 0 Å². The van der Waals surface area contributed by atoms with E-state index in [-0.39, 0.29) is 24.8 Å². The van der Waals surface area contributed by atoms with Gasteiger partial charge < -0.3 is 14.8 Å². The molecule has 0 unspecified atom stereocenters. The lowest BCUT2D eigenvalue weighted by atomic mass is 10.0. The maximum absolute atomic E-state index is 5.53. The molecule has 1 heterocycles. The maximum Gasteiger partial charge on any atom is 0.123 e. The summed E-state index contributed by atoms with van der Waals surface area (Å²) in [4.78, 5) is 2.44. The predicted molar refractivity (Wildman–Crippen MR) is 104 cm³/mol. The Bertz CT molecular complexity index is 619. The number of rotatable bonds is 6. The van der Waals surface area contributed by atoms with Crippen molar-refractivity contribution in [3.63, 3.8) is 0 Å². The monoisotopic (exact) mass is 372 g/mol. The molecule has 24 heavy (non-hydrogen) atoms. The van der Waals surface area contributed by atoms with Gasteiger partial charge in [0.05, 0.1) is 20.3 Å². The fourth-order valence-corrected chi connectivity index (χ4v) is 2.96. The number of halogens is 2. The number of morpholine rings is 1. The third-order valence-corrected chi connectivity index (χ3v) is 4.23. The van der Waals surface area contributed by atoms with E-state index in [1.165, 1.54) is 16.3 Å². The van der Waals surface area contributed by atoms with Crippen LogP contribution in [0.3, 0.4) is 0 Å². The normalized spacial score (nSPS) is 14.7. The van der Waals surface area contributed by atoms with Gasteiger partial charge in [-0.3, -0.25) is 4.90 Å². The molecule has 134 valence electrons. The summed E-state index contributed by atoms with van der Waals surface area (Å²) in [6.07, 6.45) is 0. The van der Waals surface area contributed by atoms with Gasteiger partial charge in [0.2, 0.25) is 0 Å². The van der Waals surface area contributed by atoms with Gasteiger partial charge in [0, 0.05) is 38.3 Å². The summed E-state index contributed by atoms with van der Waals surface area (Å²) in [7, 11) is 1.74. The standard InChI is InChI=1S/C18H24N2O2.2ClH/c1-21-18-7-6-15-4-2-3-5-16(15)17(18)14-19-8-9-20-10-12-22-13-11-20;;/h2-7,19H,8-14H2,1H3;2*1H. The third-order valence-electron chi connectivity index (χ3n) is 4.23. The predicted octanol–water partition coefficient (Wildman–Crippen LogP) is 3.11. The molecule has 1 fully saturated rings. The second-order valence-corrected chi connectivity index (χ2v) is 5.60. The minimum Gasteiger partial charge on any atom is -0.496 e. The third kappa shape index (κ3) is 5.23. The topological polar surface area (TPSA) is 33.7 Å². The van der Waals surface area contributed by atoms with E-state index in [0.717, 1.165) is 51.7 Å². The van der Waals surface area contributed by atoms with Crippen LogP contribution in [-0.4, -0.2) is 51.4 Å². The van der Waals surface area contributed by atoms with E-state index in [0.29, 0.717) is 0 Å². The first-order valence-corrected chi connectivity index (χ1v) is 7.94. The van der Waals surface area contributed by atoms with Crippen LogP contribution >= 0.6 is 24.8 Å². The van der Waals surface area contributed by atoms with Gasteiger partial charge in [0.25, 0.3) is 0 Å². The number of fused-ring (bicyclic) bond motifs is 1. The summed E-state index contributed by atoms with van der Waals surface area (Å²) in [6.45, 7) is 6.67. The second-order valence-electron chi connectivity index (χ2n) is 5.60. The number of hydrogen-bond acceptors (Lipinski definition) is 4. The van der Waals surface area contributed by atoms with Crippen molar-refractivity contribution in [1.29, 1.82) is 0 Å². The van der Waals surface area contributed by atoms with Crippen LogP contribution in [0, 0.1) is 0 Å². The van der Waals surface area contributed by atoms with Gasteiger partial charge in [-0.05, 0) is 16.8 Å². The van der Waals surface area contributed by atoms with Gasteiger partial charge in [-0.1, -0.05) is 30.3 Å². The molecule has 6 heteroatoms. The molecule has 0 amide bonds. The molecule has 0 aromatic heterocycles. The second kappa shape index (κ2) is 10.7. The van der Waals surface area contributed by atoms with E-state index >= 15 is 0 Å². The zero-order valence-corrected chi connectivity index (χ0v) is 15.6. The maximum atomic E-state index is 5.53. The van der Waals surface area contributed by atoms with Crippen LogP contribution in [0.25, 0.3) is 10.8 Å². The van der Waals surface area contributed by atoms with E-state index in [4.69, 9.17) is 9.47 Å². The highest BCUT2D eigenvalue weighted by Crippen LogP contribution is 2.27. The molecule has 0 bridgehead atoms. The van der Waals surface area contributed by atoms with E-state index in [9.17, 15) is 0 Å². The van der Waals surface area contributed by atoms with Crippen molar-refractivity contribution in [1.82, 2.24) is 10.2 Å². The Kier molecular flexibility index (Phi) is 9.41. The first kappa shape index (κ1) is 21.0. The molecule has 1 aliphatic rings. The number of methoxy groups -OCH3 is 1. The average molecular weight is 373 g/mol. The van der Waals surface area contributed by atoms with E-state index in [2.05, 4.69) is 46.6 Å². The Labute approximate surface area is 156 Å². The van der Waals surface area contributed by atoms with Gasteiger partial charge in [0.15, 0.2) is 0 Å². The highest BCUT2D eigenvalue weighted by molar-refractivity contribution is 5.87. The summed E-state index contributed by atoms with van der Waals surface area (Å²) >= 11 is 0. The molecule has 0 aliphatic carbocycles. The Morgan fingerprint density at radius 1 is 1.08 bits per heavy atom. The fourth-order valence-electron chi connectivity index (χ4n) is 2.96. The van der Waals surface area contributed by atoms with E-state index in [1.54, 1.807) is 7.11 Å². The molecule has 4 nitrogen and oxygen atoms in total. The number of nitrogens with zero attached hydrogens (tertiary/aromatic N) is 1. The van der Waals surface area contributed by atoms with Crippen molar-refractivity contribution in [3.8, 4) is 5.75 Å². The highest BCUT2D eigenvalue weighted by atomic mass is 35.5. The quantitative estimate of drug-likeness (QED) is 0.789. The molecule has 2 aromatic carbocycles. The van der Waals surface area contributed by atoms with Gasteiger partial charge in [-0.15, -0.1) is 24.8 Å². The fraction of sp³-hybridized carbons (Fsp3) is 0.444. The zero-order valence-electron chi connectivity index (χ0n) is 14.0. The molecule has 0 atom stereocenters. The highest BCUT2D eigenvalue weighted by Gasteiger charge is 2.10. The van der Waals surface area contributed by atoms with Crippen LogP contribution in [0.2, 0.25) is 0 Å². The van der Waals surface area contributed by atoms with Gasteiger partial charge in [0.1, 0.15) is 5.75 Å². The summed E-state index contributed by atoms with van der Waals surface area (Å²) < 4.78 is 10.9. The molecular formula is C18H26Cl2N2O2. The SMILES string of the molecule is COc1ccc2ccccc2c1CNCCN1CCOCC1.Cl.Cl. The Balaban J connectivity index is 0.00000144. The molecule has 0 saturated carbocycles. The van der Waals surface area contributed by atoms with Crippen LogP contribution in [0.5, 0.6) is 5.75 Å². The van der Waals surface area contributed by atoms with Crippen LogP contribution in [0.4, 0.5) is 0 Å². The molecule has 3 rings (SSSR count). The summed E-state index contributed by atoms with van der Waals surface area (Å²) in [5.41, 5.74) is 1.24. The number of hydrogen-bond donors (Lipinski definition) is 1. The van der Waals surface area contributed by atoms with Crippen LogP contribution in [-0.2, 0) is 11.3 Å². The van der Waals surface area contributed by atoms with Crippen molar-refractivity contribution < 1.29 is 9.47 Å². The minimum atomic E-state index is 0. The molecular weight excluding hydrogens is 347 g/mol. The molecule has 1 N–H and O–H groups in total. The lowest BCUT2D eigenvalue weighted by molar-refractivity contribution is 0.0384. The largest absolute Gasteiger partial charge is 0.496 e. The summed E-state index contributed by atoms with van der Waals surface area (Å²) in [5, 5.41) is 6.08. The van der Waals surface area contributed by atoms with Crippen molar-refractivity contribution >= 4 is 35.6 Å². The van der Waals surface area contributed by atoms with E-state index in [1.807, 2.05) is 0 Å². The molecule has 1 saturated heterocycles. The summed E-state index contributed by atoms with van der Waals surface area (Å²) in [5.74, 6) is 0.956. The Morgan fingerprint density at radius 2 is 1.83 bits per heavy atom. The van der Waals surface area contributed by atoms with Gasteiger partial charge in [-0.25, -0.2) is 0 Å². The van der Waals surface area contributed by atoms with Gasteiger partial charge >= 0.3 is 0 Å². The number of benzene rings is 2. The molecule has 0 spiro atoms.